The monoisotopic (exact) mass is 377 g/mol. The molecule has 5 heteroatoms. The molecule has 1 N–H and O–H groups in total. The number of amides is 1. The van der Waals surface area contributed by atoms with Crippen molar-refractivity contribution in [3.63, 3.8) is 0 Å². The van der Waals surface area contributed by atoms with Crippen LogP contribution in [0.1, 0.15) is 34.3 Å². The molecule has 1 aromatic carbocycles. The standard InChI is InChI=1S/C23H27N3O2/c1-16-4-6-17(7-5-16)13-26-14-20-19(21-8-9-23(20,15-26)28-21)12-25-22(27)18-3-2-10-24-11-18/h2-7,10-11,19-21H,8-9,12-15H2,1H3,(H,25,27)/t19-,20+,21+,23+/m0/s1. The van der Waals surface area contributed by atoms with E-state index in [1.807, 2.05) is 0 Å². The van der Waals surface area contributed by atoms with E-state index in [2.05, 4.69) is 46.4 Å². The van der Waals surface area contributed by atoms with Gasteiger partial charge in [-0.05, 0) is 37.5 Å². The number of ether oxygens (including phenoxy) is 1. The first-order chi connectivity index (χ1) is 13.6. The van der Waals surface area contributed by atoms with E-state index >= 15 is 0 Å². The molecule has 1 spiro atoms. The largest absolute Gasteiger partial charge is 0.370 e. The van der Waals surface area contributed by atoms with Crippen molar-refractivity contribution in [2.75, 3.05) is 19.6 Å². The minimum atomic E-state index is -0.0422. The molecule has 0 aliphatic carbocycles. The summed E-state index contributed by atoms with van der Waals surface area (Å²) in [7, 11) is 0. The molecule has 0 radical (unpaired) electrons. The lowest BCUT2D eigenvalue weighted by Crippen LogP contribution is -2.41. The van der Waals surface area contributed by atoms with Crippen molar-refractivity contribution >= 4 is 5.91 Å². The lowest BCUT2D eigenvalue weighted by molar-refractivity contribution is 0.00212. The predicted molar refractivity (Wildman–Crippen MR) is 107 cm³/mol. The van der Waals surface area contributed by atoms with Gasteiger partial charge < -0.3 is 10.1 Å². The fraction of sp³-hybridized carbons (Fsp3) is 0.478. The summed E-state index contributed by atoms with van der Waals surface area (Å²) in [5.41, 5.74) is 3.28. The van der Waals surface area contributed by atoms with Crippen molar-refractivity contribution in [1.82, 2.24) is 15.2 Å². The third-order valence-corrected chi connectivity index (χ3v) is 6.80. The van der Waals surface area contributed by atoms with Gasteiger partial charge in [-0.3, -0.25) is 14.7 Å². The first-order valence-electron chi connectivity index (χ1n) is 10.3. The summed E-state index contributed by atoms with van der Waals surface area (Å²) < 4.78 is 6.52. The third kappa shape index (κ3) is 3.12. The molecule has 3 aliphatic rings. The van der Waals surface area contributed by atoms with Crippen LogP contribution in [0.4, 0.5) is 0 Å². The van der Waals surface area contributed by atoms with Gasteiger partial charge >= 0.3 is 0 Å². The molecule has 3 fully saturated rings. The zero-order valence-corrected chi connectivity index (χ0v) is 16.3. The Morgan fingerprint density at radius 1 is 1.32 bits per heavy atom. The number of carbonyl (C=O) groups is 1. The first-order valence-corrected chi connectivity index (χ1v) is 10.3. The number of carbonyl (C=O) groups excluding carboxylic acids is 1. The van der Waals surface area contributed by atoms with E-state index in [0.717, 1.165) is 32.5 Å². The second-order valence-electron chi connectivity index (χ2n) is 8.64. The second kappa shape index (κ2) is 6.98. The van der Waals surface area contributed by atoms with Crippen LogP contribution in [0.15, 0.2) is 48.8 Å². The van der Waals surface area contributed by atoms with Crippen molar-refractivity contribution in [3.05, 3.63) is 65.5 Å². The molecular weight excluding hydrogens is 350 g/mol. The van der Waals surface area contributed by atoms with Crippen LogP contribution in [0.3, 0.4) is 0 Å². The van der Waals surface area contributed by atoms with Crippen LogP contribution in [0.5, 0.6) is 0 Å². The molecule has 146 valence electrons. The fourth-order valence-electron chi connectivity index (χ4n) is 5.44. The van der Waals surface area contributed by atoms with E-state index in [4.69, 9.17) is 4.74 Å². The average molecular weight is 377 g/mol. The SMILES string of the molecule is Cc1ccc(CN2C[C@@H]3[C@H](CNC(=O)c4cccnc4)[C@H]4CC[C@]3(C2)O4)cc1. The van der Waals surface area contributed by atoms with Gasteiger partial charge in [0, 0.05) is 50.4 Å². The Morgan fingerprint density at radius 2 is 2.18 bits per heavy atom. The number of aromatic nitrogens is 1. The van der Waals surface area contributed by atoms with Gasteiger partial charge in [0.05, 0.1) is 17.3 Å². The van der Waals surface area contributed by atoms with Crippen LogP contribution >= 0.6 is 0 Å². The van der Waals surface area contributed by atoms with E-state index in [-0.39, 0.29) is 11.5 Å². The number of nitrogens with zero attached hydrogens (tertiary/aromatic N) is 2. The topological polar surface area (TPSA) is 54.5 Å². The van der Waals surface area contributed by atoms with Gasteiger partial charge in [0.25, 0.3) is 5.91 Å². The molecule has 4 heterocycles. The zero-order valence-electron chi connectivity index (χ0n) is 16.3. The summed E-state index contributed by atoms with van der Waals surface area (Å²) in [5.74, 6) is 0.864. The quantitative estimate of drug-likeness (QED) is 0.871. The number of aryl methyl sites for hydroxylation is 1. The molecule has 2 bridgehead atoms. The Kier molecular flexibility index (Phi) is 4.44. The van der Waals surface area contributed by atoms with Crippen LogP contribution in [0.2, 0.25) is 0 Å². The van der Waals surface area contributed by atoms with Crippen LogP contribution in [0.25, 0.3) is 0 Å². The normalized spacial score (nSPS) is 31.1. The number of rotatable bonds is 5. The number of pyridine rings is 1. The van der Waals surface area contributed by atoms with Crippen molar-refractivity contribution in [3.8, 4) is 0 Å². The molecule has 3 saturated heterocycles. The Bertz CT molecular complexity index is 854. The number of benzene rings is 1. The second-order valence-corrected chi connectivity index (χ2v) is 8.64. The molecule has 1 amide bonds. The Morgan fingerprint density at radius 3 is 2.96 bits per heavy atom. The van der Waals surface area contributed by atoms with Gasteiger partial charge in [0.1, 0.15) is 0 Å². The van der Waals surface area contributed by atoms with E-state index in [1.54, 1.807) is 24.5 Å². The van der Waals surface area contributed by atoms with Crippen molar-refractivity contribution in [2.45, 2.75) is 38.0 Å². The lowest BCUT2D eigenvalue weighted by Gasteiger charge is -2.29. The van der Waals surface area contributed by atoms with Gasteiger partial charge in [-0.25, -0.2) is 0 Å². The van der Waals surface area contributed by atoms with Crippen LogP contribution in [-0.4, -0.2) is 47.1 Å². The first kappa shape index (κ1) is 17.8. The molecular formula is C23H27N3O2. The Balaban J connectivity index is 1.24. The predicted octanol–water partition coefficient (Wildman–Crippen LogP) is 2.80. The Hall–Kier alpha value is -2.24. The van der Waals surface area contributed by atoms with Gasteiger partial charge in [-0.15, -0.1) is 0 Å². The number of likely N-dealkylation sites (tertiary alicyclic amines) is 1. The van der Waals surface area contributed by atoms with E-state index in [9.17, 15) is 4.79 Å². The summed E-state index contributed by atoms with van der Waals surface area (Å²) in [5, 5.41) is 3.13. The van der Waals surface area contributed by atoms with Gasteiger partial charge in [-0.1, -0.05) is 29.8 Å². The van der Waals surface area contributed by atoms with E-state index in [0.29, 0.717) is 30.0 Å². The zero-order chi connectivity index (χ0) is 19.1. The smallest absolute Gasteiger partial charge is 0.252 e. The third-order valence-electron chi connectivity index (χ3n) is 6.80. The molecule has 5 rings (SSSR count). The summed E-state index contributed by atoms with van der Waals surface area (Å²) in [6.07, 6.45) is 5.86. The lowest BCUT2D eigenvalue weighted by atomic mass is 9.73. The summed E-state index contributed by atoms with van der Waals surface area (Å²) >= 11 is 0. The molecule has 4 atom stereocenters. The van der Waals surface area contributed by atoms with Crippen molar-refractivity contribution in [1.29, 1.82) is 0 Å². The van der Waals surface area contributed by atoms with Crippen LogP contribution in [-0.2, 0) is 11.3 Å². The number of hydrogen-bond donors (Lipinski definition) is 1. The highest BCUT2D eigenvalue weighted by Gasteiger charge is 2.62. The minimum absolute atomic E-state index is 0.000932. The highest BCUT2D eigenvalue weighted by molar-refractivity contribution is 5.93. The Labute approximate surface area is 166 Å². The summed E-state index contributed by atoms with van der Waals surface area (Å²) in [6.45, 7) is 5.84. The molecule has 5 nitrogen and oxygen atoms in total. The van der Waals surface area contributed by atoms with E-state index in [1.165, 1.54) is 11.1 Å². The molecule has 2 aromatic rings. The maximum Gasteiger partial charge on any atom is 0.252 e. The number of hydrogen-bond acceptors (Lipinski definition) is 4. The highest BCUT2D eigenvalue weighted by atomic mass is 16.5. The van der Waals surface area contributed by atoms with E-state index < -0.39 is 0 Å². The van der Waals surface area contributed by atoms with Crippen molar-refractivity contribution in [2.24, 2.45) is 11.8 Å². The average Bonchev–Trinajstić information content (AvgIpc) is 3.36. The maximum atomic E-state index is 12.4. The number of nitrogens with one attached hydrogen (secondary N) is 1. The maximum absolute atomic E-state index is 12.4. The molecule has 0 unspecified atom stereocenters. The fourth-order valence-corrected chi connectivity index (χ4v) is 5.44. The van der Waals surface area contributed by atoms with Crippen LogP contribution in [0, 0.1) is 18.8 Å². The molecule has 0 saturated carbocycles. The van der Waals surface area contributed by atoms with Gasteiger partial charge in [-0.2, -0.15) is 0 Å². The number of fused-ring (bicyclic) bond motifs is 1. The molecule has 1 aromatic heterocycles. The molecule has 28 heavy (non-hydrogen) atoms. The van der Waals surface area contributed by atoms with Crippen molar-refractivity contribution < 1.29 is 9.53 Å². The summed E-state index contributed by atoms with van der Waals surface area (Å²) in [6, 6.07) is 12.4. The van der Waals surface area contributed by atoms with Gasteiger partial charge in [0.15, 0.2) is 0 Å². The van der Waals surface area contributed by atoms with Gasteiger partial charge in [0.2, 0.25) is 0 Å². The minimum Gasteiger partial charge on any atom is -0.370 e. The highest BCUT2D eigenvalue weighted by Crippen LogP contribution is 2.54. The molecule has 3 aliphatic heterocycles. The van der Waals surface area contributed by atoms with Crippen LogP contribution < -0.4 is 5.32 Å². The summed E-state index contributed by atoms with van der Waals surface area (Å²) in [4.78, 5) is 19.0.